The summed E-state index contributed by atoms with van der Waals surface area (Å²) in [5.41, 5.74) is 2.57. The Balaban J connectivity index is 1.77. The number of rotatable bonds is 3. The first-order valence-electron chi connectivity index (χ1n) is 6.59. The number of nitrogens with one attached hydrogen (secondary N) is 1. The highest BCUT2D eigenvalue weighted by Gasteiger charge is 2.10. The van der Waals surface area contributed by atoms with Crippen LogP contribution in [0.25, 0.3) is 5.82 Å². The van der Waals surface area contributed by atoms with E-state index in [1.165, 1.54) is 11.3 Å². The predicted octanol–water partition coefficient (Wildman–Crippen LogP) is 3.85. The zero-order valence-electron chi connectivity index (χ0n) is 12.0. The molecule has 0 fully saturated rings. The van der Waals surface area contributed by atoms with E-state index < -0.39 is 0 Å². The number of carbonyl (C=O) groups is 1. The molecule has 1 amide bonds. The van der Waals surface area contributed by atoms with Crippen molar-refractivity contribution in [3.63, 3.8) is 0 Å². The summed E-state index contributed by atoms with van der Waals surface area (Å²) in [4.78, 5) is 16.9. The van der Waals surface area contributed by atoms with Gasteiger partial charge in [0.15, 0.2) is 5.82 Å². The number of nitrogens with zero attached hydrogens (tertiary/aromatic N) is 3. The third kappa shape index (κ3) is 3.03. The minimum Gasteiger partial charge on any atom is -0.320 e. The fourth-order valence-electron chi connectivity index (χ4n) is 2.08. The molecule has 7 heteroatoms. The van der Waals surface area contributed by atoms with E-state index in [-0.39, 0.29) is 5.91 Å². The molecule has 0 radical (unpaired) electrons. The Labute approximate surface area is 136 Å². The molecule has 0 aliphatic heterocycles. The highest BCUT2D eigenvalue weighted by Crippen LogP contribution is 2.22. The molecule has 0 spiro atoms. The Hall–Kier alpha value is -2.18. The number of thiophene rings is 1. The van der Waals surface area contributed by atoms with Crippen LogP contribution >= 0.6 is 22.9 Å². The minimum atomic E-state index is -0.197. The second kappa shape index (κ2) is 5.90. The number of halogens is 1. The van der Waals surface area contributed by atoms with Gasteiger partial charge in [0.05, 0.1) is 26.8 Å². The molecule has 0 saturated heterocycles. The summed E-state index contributed by atoms with van der Waals surface area (Å²) < 4.78 is 2.35. The lowest BCUT2D eigenvalue weighted by molar-refractivity contribution is 0.103. The summed E-state index contributed by atoms with van der Waals surface area (Å²) in [6, 6.07) is 8.99. The first-order valence-corrected chi connectivity index (χ1v) is 7.79. The fourth-order valence-corrected chi connectivity index (χ4v) is 3.01. The van der Waals surface area contributed by atoms with Crippen LogP contribution in [0.5, 0.6) is 0 Å². The third-order valence-corrected chi connectivity index (χ3v) is 4.26. The summed E-state index contributed by atoms with van der Waals surface area (Å²) in [6.45, 7) is 3.90. The monoisotopic (exact) mass is 332 g/mol. The van der Waals surface area contributed by atoms with Crippen LogP contribution < -0.4 is 5.32 Å². The molecule has 3 heterocycles. The smallest absolute Gasteiger partial charge is 0.265 e. The topological polar surface area (TPSA) is 59.8 Å². The zero-order chi connectivity index (χ0) is 15.7. The van der Waals surface area contributed by atoms with E-state index in [4.69, 9.17) is 11.6 Å². The lowest BCUT2D eigenvalue weighted by Gasteiger charge is -2.06. The van der Waals surface area contributed by atoms with Gasteiger partial charge in [0.25, 0.3) is 5.91 Å². The lowest BCUT2D eigenvalue weighted by atomic mass is 10.3. The Kier molecular flexibility index (Phi) is 3.96. The van der Waals surface area contributed by atoms with E-state index >= 15 is 0 Å². The van der Waals surface area contributed by atoms with E-state index in [1.54, 1.807) is 29.1 Å². The van der Waals surface area contributed by atoms with Crippen molar-refractivity contribution in [2.75, 3.05) is 5.32 Å². The standard InChI is InChI=1S/C15H13ClN4OS/c1-9-7-10(2)20(19-9)14-6-3-11(8-17-14)18-15(21)12-4-5-13(16)22-12/h3-8H,1-2H3,(H,18,21). The third-order valence-electron chi connectivity index (χ3n) is 3.03. The van der Waals surface area contributed by atoms with Crippen LogP contribution in [-0.4, -0.2) is 20.7 Å². The molecule has 0 atom stereocenters. The highest BCUT2D eigenvalue weighted by molar-refractivity contribution is 7.18. The zero-order valence-corrected chi connectivity index (χ0v) is 13.6. The lowest BCUT2D eigenvalue weighted by Crippen LogP contribution is -2.10. The molecule has 5 nitrogen and oxygen atoms in total. The number of pyridine rings is 1. The van der Waals surface area contributed by atoms with Crippen LogP contribution in [0, 0.1) is 13.8 Å². The van der Waals surface area contributed by atoms with Gasteiger partial charge in [-0.2, -0.15) is 5.10 Å². The summed E-state index contributed by atoms with van der Waals surface area (Å²) in [6.07, 6.45) is 1.61. The van der Waals surface area contributed by atoms with Crippen molar-refractivity contribution in [1.82, 2.24) is 14.8 Å². The number of aryl methyl sites for hydroxylation is 2. The van der Waals surface area contributed by atoms with Gasteiger partial charge >= 0.3 is 0 Å². The molecule has 0 saturated carbocycles. The van der Waals surface area contributed by atoms with Gasteiger partial charge in [-0.25, -0.2) is 9.67 Å². The van der Waals surface area contributed by atoms with Gasteiger partial charge in [-0.3, -0.25) is 4.79 Å². The largest absolute Gasteiger partial charge is 0.320 e. The van der Waals surface area contributed by atoms with Crippen molar-refractivity contribution in [2.45, 2.75) is 13.8 Å². The van der Waals surface area contributed by atoms with Gasteiger partial charge in [0.2, 0.25) is 0 Å². The highest BCUT2D eigenvalue weighted by atomic mass is 35.5. The van der Waals surface area contributed by atoms with Gasteiger partial charge in [-0.15, -0.1) is 11.3 Å². The van der Waals surface area contributed by atoms with Gasteiger partial charge in [0.1, 0.15) is 0 Å². The summed E-state index contributed by atoms with van der Waals surface area (Å²) in [5.74, 6) is 0.514. The molecule has 3 aromatic heterocycles. The molecule has 112 valence electrons. The van der Waals surface area contributed by atoms with Crippen molar-refractivity contribution >= 4 is 34.5 Å². The molecule has 0 aliphatic carbocycles. The number of amides is 1. The van der Waals surface area contributed by atoms with Crippen molar-refractivity contribution < 1.29 is 4.79 Å². The Morgan fingerprint density at radius 3 is 2.64 bits per heavy atom. The van der Waals surface area contributed by atoms with Gasteiger partial charge < -0.3 is 5.32 Å². The summed E-state index contributed by atoms with van der Waals surface area (Å²) in [5, 5.41) is 7.17. The van der Waals surface area contributed by atoms with E-state index in [0.29, 0.717) is 20.7 Å². The van der Waals surface area contributed by atoms with E-state index in [2.05, 4.69) is 15.4 Å². The van der Waals surface area contributed by atoms with Crippen LogP contribution in [0.1, 0.15) is 21.1 Å². The quantitative estimate of drug-likeness (QED) is 0.792. The van der Waals surface area contributed by atoms with Crippen LogP contribution in [0.4, 0.5) is 5.69 Å². The number of hydrogen-bond acceptors (Lipinski definition) is 4. The normalized spacial score (nSPS) is 10.7. The number of carbonyl (C=O) groups excluding carboxylic acids is 1. The predicted molar refractivity (Wildman–Crippen MR) is 88.1 cm³/mol. The Bertz CT molecular complexity index is 822. The number of anilines is 1. The van der Waals surface area contributed by atoms with Crippen molar-refractivity contribution in [2.24, 2.45) is 0 Å². The maximum Gasteiger partial charge on any atom is 0.265 e. The molecule has 0 aliphatic rings. The SMILES string of the molecule is Cc1cc(C)n(-c2ccc(NC(=O)c3ccc(Cl)s3)cn2)n1. The van der Waals surface area contributed by atoms with Crippen molar-refractivity contribution in [1.29, 1.82) is 0 Å². The Morgan fingerprint density at radius 1 is 1.27 bits per heavy atom. The number of hydrogen-bond donors (Lipinski definition) is 1. The molecule has 0 unspecified atom stereocenters. The molecule has 0 aromatic carbocycles. The maximum atomic E-state index is 12.0. The molecular formula is C15H13ClN4OS. The summed E-state index contributed by atoms with van der Waals surface area (Å²) in [7, 11) is 0. The maximum absolute atomic E-state index is 12.0. The molecule has 3 aromatic rings. The van der Waals surface area contributed by atoms with Crippen LogP contribution in [0.15, 0.2) is 36.5 Å². The van der Waals surface area contributed by atoms with Crippen LogP contribution in [0.3, 0.4) is 0 Å². The molecular weight excluding hydrogens is 320 g/mol. The van der Waals surface area contributed by atoms with Crippen LogP contribution in [0.2, 0.25) is 4.34 Å². The second-order valence-electron chi connectivity index (χ2n) is 4.80. The molecule has 1 N–H and O–H groups in total. The average molecular weight is 333 g/mol. The Morgan fingerprint density at radius 2 is 2.09 bits per heavy atom. The van der Waals surface area contributed by atoms with E-state index in [1.807, 2.05) is 26.0 Å². The van der Waals surface area contributed by atoms with Gasteiger partial charge in [-0.1, -0.05) is 11.6 Å². The van der Waals surface area contributed by atoms with Gasteiger partial charge in [-0.05, 0) is 44.2 Å². The first kappa shape index (κ1) is 14.7. The average Bonchev–Trinajstić information content (AvgIpc) is 3.05. The fraction of sp³-hybridized carbons (Fsp3) is 0.133. The number of aromatic nitrogens is 3. The van der Waals surface area contributed by atoms with Crippen LogP contribution in [-0.2, 0) is 0 Å². The van der Waals surface area contributed by atoms with Crippen molar-refractivity contribution in [3.8, 4) is 5.82 Å². The first-order chi connectivity index (χ1) is 10.5. The second-order valence-corrected chi connectivity index (χ2v) is 6.52. The van der Waals surface area contributed by atoms with E-state index in [9.17, 15) is 4.79 Å². The van der Waals surface area contributed by atoms with E-state index in [0.717, 1.165) is 11.4 Å². The molecule has 3 rings (SSSR count). The minimum absolute atomic E-state index is 0.197. The van der Waals surface area contributed by atoms with Crippen molar-refractivity contribution in [3.05, 3.63) is 57.1 Å². The molecule has 0 bridgehead atoms. The molecule has 22 heavy (non-hydrogen) atoms. The van der Waals surface area contributed by atoms with Gasteiger partial charge in [0, 0.05) is 5.69 Å². The summed E-state index contributed by atoms with van der Waals surface area (Å²) >= 11 is 7.07.